The van der Waals surface area contributed by atoms with Crippen molar-refractivity contribution in [1.82, 2.24) is 4.98 Å². The van der Waals surface area contributed by atoms with Gasteiger partial charge in [0.15, 0.2) is 5.69 Å². The molecule has 0 unspecified atom stereocenters. The van der Waals surface area contributed by atoms with E-state index in [9.17, 15) is 4.79 Å². The van der Waals surface area contributed by atoms with Gasteiger partial charge in [0.05, 0.1) is 4.88 Å². The molecule has 0 saturated heterocycles. The molecule has 1 aromatic carbocycles. The van der Waals surface area contributed by atoms with Crippen molar-refractivity contribution < 1.29 is 13.9 Å². The molecular weight excluding hydrogens is 286 g/mol. The zero-order valence-corrected chi connectivity index (χ0v) is 12.4. The van der Waals surface area contributed by atoms with Crippen molar-refractivity contribution >= 4 is 17.3 Å². The lowest BCUT2D eigenvalue weighted by molar-refractivity contribution is 0.0727. The van der Waals surface area contributed by atoms with Crippen LogP contribution in [-0.2, 0) is 0 Å². The molecule has 0 spiro atoms. The predicted octanol–water partition coefficient (Wildman–Crippen LogP) is 4.24. The third kappa shape index (κ3) is 2.87. The Bertz CT molecular complexity index is 757. The summed E-state index contributed by atoms with van der Waals surface area (Å²) in [5.74, 6) is 0.877. The monoisotopic (exact) mass is 299 g/mol. The first kappa shape index (κ1) is 13.6. The number of esters is 1. The van der Waals surface area contributed by atoms with E-state index >= 15 is 0 Å². The lowest BCUT2D eigenvalue weighted by Gasteiger charge is -2.02. The van der Waals surface area contributed by atoms with Crippen molar-refractivity contribution in [2.75, 3.05) is 0 Å². The summed E-state index contributed by atoms with van der Waals surface area (Å²) in [6.07, 6.45) is 0. The molecule has 5 heteroatoms. The molecule has 0 aliphatic carbocycles. The SMILES string of the molecule is Cc1ccc(OC(=O)c2nc(-c3cccs3)oc2C)cc1. The summed E-state index contributed by atoms with van der Waals surface area (Å²) in [6, 6.07) is 11.1. The van der Waals surface area contributed by atoms with E-state index in [2.05, 4.69) is 4.98 Å². The Hall–Kier alpha value is -2.40. The number of aromatic nitrogens is 1. The smallest absolute Gasteiger partial charge is 0.366 e. The number of oxazole rings is 1. The molecule has 3 rings (SSSR count). The summed E-state index contributed by atoms with van der Waals surface area (Å²) < 4.78 is 10.8. The van der Waals surface area contributed by atoms with Gasteiger partial charge < -0.3 is 9.15 Å². The van der Waals surface area contributed by atoms with Crippen LogP contribution in [0.25, 0.3) is 10.8 Å². The first-order valence-electron chi connectivity index (χ1n) is 6.43. The van der Waals surface area contributed by atoms with Crippen molar-refractivity contribution in [2.24, 2.45) is 0 Å². The summed E-state index contributed by atoms with van der Waals surface area (Å²) in [7, 11) is 0. The molecule has 0 radical (unpaired) electrons. The van der Waals surface area contributed by atoms with Gasteiger partial charge in [-0.1, -0.05) is 23.8 Å². The van der Waals surface area contributed by atoms with Crippen molar-refractivity contribution in [3.63, 3.8) is 0 Å². The second-order valence-corrected chi connectivity index (χ2v) is 5.55. The maximum Gasteiger partial charge on any atom is 0.366 e. The number of hydrogen-bond acceptors (Lipinski definition) is 5. The topological polar surface area (TPSA) is 52.3 Å². The lowest BCUT2D eigenvalue weighted by atomic mass is 10.2. The van der Waals surface area contributed by atoms with Gasteiger partial charge in [-0.2, -0.15) is 0 Å². The normalized spacial score (nSPS) is 10.6. The molecule has 0 atom stereocenters. The summed E-state index contributed by atoms with van der Waals surface area (Å²) in [5.41, 5.74) is 1.31. The van der Waals surface area contributed by atoms with Crippen LogP contribution in [0.2, 0.25) is 0 Å². The van der Waals surface area contributed by atoms with Crippen LogP contribution in [-0.4, -0.2) is 11.0 Å². The summed E-state index contributed by atoms with van der Waals surface area (Å²) in [4.78, 5) is 17.3. The first-order chi connectivity index (χ1) is 10.1. The number of thiophene rings is 1. The van der Waals surface area contributed by atoms with Crippen LogP contribution in [0.5, 0.6) is 5.75 Å². The average molecular weight is 299 g/mol. The number of carbonyl (C=O) groups is 1. The van der Waals surface area contributed by atoms with Crippen molar-refractivity contribution in [2.45, 2.75) is 13.8 Å². The Labute approximate surface area is 126 Å². The number of hydrogen-bond donors (Lipinski definition) is 0. The van der Waals surface area contributed by atoms with E-state index in [1.807, 2.05) is 36.6 Å². The second-order valence-electron chi connectivity index (χ2n) is 4.60. The standard InChI is InChI=1S/C16H13NO3S/c1-10-5-7-12(8-6-10)20-16(18)14-11(2)19-15(17-14)13-4-3-9-21-13/h3-9H,1-2H3. The van der Waals surface area contributed by atoms with Crippen LogP contribution < -0.4 is 4.74 Å². The molecule has 0 aliphatic rings. The van der Waals surface area contributed by atoms with Gasteiger partial charge in [0, 0.05) is 0 Å². The van der Waals surface area contributed by atoms with Gasteiger partial charge in [-0.3, -0.25) is 0 Å². The Morgan fingerprint density at radius 2 is 1.95 bits per heavy atom. The third-order valence-electron chi connectivity index (χ3n) is 2.95. The molecule has 0 aliphatic heterocycles. The molecule has 3 aromatic rings. The van der Waals surface area contributed by atoms with Crippen LogP contribution in [0.4, 0.5) is 0 Å². The van der Waals surface area contributed by atoms with Gasteiger partial charge in [-0.05, 0) is 37.4 Å². The van der Waals surface area contributed by atoms with Gasteiger partial charge in [-0.25, -0.2) is 9.78 Å². The fraction of sp³-hybridized carbons (Fsp3) is 0.125. The summed E-state index contributed by atoms with van der Waals surface area (Å²) >= 11 is 1.51. The van der Waals surface area contributed by atoms with Crippen molar-refractivity contribution in [3.05, 3.63) is 58.8 Å². The Morgan fingerprint density at radius 1 is 1.19 bits per heavy atom. The van der Waals surface area contributed by atoms with Crippen LogP contribution in [0.3, 0.4) is 0 Å². The maximum absolute atomic E-state index is 12.2. The molecule has 2 heterocycles. The summed E-state index contributed by atoms with van der Waals surface area (Å²) in [5, 5.41) is 1.93. The molecule has 0 amide bonds. The molecule has 0 saturated carbocycles. The molecule has 0 fully saturated rings. The Balaban J connectivity index is 1.83. The predicted molar refractivity (Wildman–Crippen MR) is 80.7 cm³/mol. The van der Waals surface area contributed by atoms with Crippen molar-refractivity contribution in [1.29, 1.82) is 0 Å². The highest BCUT2D eigenvalue weighted by Gasteiger charge is 2.20. The zero-order chi connectivity index (χ0) is 14.8. The Kier molecular flexibility index (Phi) is 3.58. The molecular formula is C16H13NO3S. The van der Waals surface area contributed by atoms with E-state index in [0.717, 1.165) is 10.4 Å². The van der Waals surface area contributed by atoms with Gasteiger partial charge in [-0.15, -0.1) is 11.3 Å². The maximum atomic E-state index is 12.2. The van der Waals surface area contributed by atoms with Gasteiger partial charge in [0.1, 0.15) is 11.5 Å². The van der Waals surface area contributed by atoms with Crippen LogP contribution in [0.1, 0.15) is 21.8 Å². The molecule has 106 valence electrons. The van der Waals surface area contributed by atoms with E-state index in [-0.39, 0.29) is 5.69 Å². The lowest BCUT2D eigenvalue weighted by Crippen LogP contribution is -2.10. The van der Waals surface area contributed by atoms with Crippen LogP contribution >= 0.6 is 11.3 Å². The van der Waals surface area contributed by atoms with Crippen molar-refractivity contribution in [3.8, 4) is 16.5 Å². The van der Waals surface area contributed by atoms with E-state index in [1.165, 1.54) is 11.3 Å². The van der Waals surface area contributed by atoms with Gasteiger partial charge >= 0.3 is 5.97 Å². The van der Waals surface area contributed by atoms with Gasteiger partial charge in [0.25, 0.3) is 0 Å². The highest BCUT2D eigenvalue weighted by molar-refractivity contribution is 7.13. The minimum absolute atomic E-state index is 0.207. The van der Waals surface area contributed by atoms with Gasteiger partial charge in [0.2, 0.25) is 5.89 Å². The van der Waals surface area contributed by atoms with E-state index in [0.29, 0.717) is 17.4 Å². The minimum Gasteiger partial charge on any atom is -0.440 e. The fourth-order valence-corrected chi connectivity index (χ4v) is 2.50. The third-order valence-corrected chi connectivity index (χ3v) is 3.81. The highest BCUT2D eigenvalue weighted by atomic mass is 32.1. The molecule has 2 aromatic heterocycles. The Morgan fingerprint density at radius 3 is 2.62 bits per heavy atom. The minimum atomic E-state index is -0.511. The van der Waals surface area contributed by atoms with Crippen LogP contribution in [0.15, 0.2) is 46.2 Å². The highest BCUT2D eigenvalue weighted by Crippen LogP contribution is 2.26. The van der Waals surface area contributed by atoms with Crippen LogP contribution in [0, 0.1) is 13.8 Å². The average Bonchev–Trinajstić information content (AvgIpc) is 3.10. The molecule has 21 heavy (non-hydrogen) atoms. The van der Waals surface area contributed by atoms with E-state index < -0.39 is 5.97 Å². The van der Waals surface area contributed by atoms with E-state index in [1.54, 1.807) is 19.1 Å². The number of benzene rings is 1. The number of nitrogens with zero attached hydrogens (tertiary/aromatic N) is 1. The second kappa shape index (κ2) is 5.54. The number of rotatable bonds is 3. The summed E-state index contributed by atoms with van der Waals surface area (Å²) in [6.45, 7) is 3.68. The fourth-order valence-electron chi connectivity index (χ4n) is 1.85. The zero-order valence-electron chi connectivity index (χ0n) is 11.6. The number of ether oxygens (including phenoxy) is 1. The largest absolute Gasteiger partial charge is 0.440 e. The number of carbonyl (C=O) groups excluding carboxylic acids is 1. The first-order valence-corrected chi connectivity index (χ1v) is 7.31. The van der Waals surface area contributed by atoms with E-state index in [4.69, 9.17) is 9.15 Å². The number of aryl methyl sites for hydroxylation is 2. The quantitative estimate of drug-likeness (QED) is 0.536. The molecule has 0 bridgehead atoms. The molecule has 4 nitrogen and oxygen atoms in total. The molecule has 0 N–H and O–H groups in total.